The molecule has 124 valence electrons. The van der Waals surface area contributed by atoms with E-state index < -0.39 is 7.60 Å². The first-order chi connectivity index (χ1) is 11.1. The summed E-state index contributed by atoms with van der Waals surface area (Å²) in [7, 11) is -3.33. The normalized spacial score (nSPS) is 11.8. The number of ether oxygens (including phenoxy) is 1. The molecule has 0 aliphatic carbocycles. The lowest BCUT2D eigenvalue weighted by molar-refractivity contribution is 0.0835. The molecular formula is C18H23O4P. The van der Waals surface area contributed by atoms with Crippen molar-refractivity contribution in [1.29, 1.82) is 0 Å². The average Bonchev–Trinajstić information content (AvgIpc) is 2.59. The molecule has 0 aromatic heterocycles. The summed E-state index contributed by atoms with van der Waals surface area (Å²) in [6.07, 6.45) is -0.0892. The molecule has 4 nitrogen and oxygen atoms in total. The quantitative estimate of drug-likeness (QED) is 0.606. The molecule has 0 heterocycles. The molecule has 0 radical (unpaired) electrons. The molecule has 0 amide bonds. The minimum Gasteiger partial charge on any atom is -0.366 e. The van der Waals surface area contributed by atoms with Gasteiger partial charge in [0.2, 0.25) is 0 Å². The minimum absolute atomic E-state index is 0.0380. The van der Waals surface area contributed by atoms with Gasteiger partial charge in [-0.2, -0.15) is 0 Å². The molecule has 0 bridgehead atoms. The van der Waals surface area contributed by atoms with Crippen LogP contribution in [0.4, 0.5) is 0 Å². The Balaban J connectivity index is 1.97. The third-order valence-electron chi connectivity index (χ3n) is 3.11. The number of hydrogen-bond donors (Lipinski definition) is 0. The molecule has 0 aliphatic rings. The summed E-state index contributed by atoms with van der Waals surface area (Å²) in [5, 5.41) is 0. The average molecular weight is 334 g/mol. The maximum atomic E-state index is 12.9. The third kappa shape index (κ3) is 6.67. The summed E-state index contributed by atoms with van der Waals surface area (Å²) in [6, 6.07) is 19.2. The molecule has 2 aromatic carbocycles. The first-order valence-electron chi connectivity index (χ1n) is 7.65. The molecule has 0 N–H and O–H groups in total. The molecule has 0 unspecified atom stereocenters. The predicted octanol–water partition coefficient (Wildman–Crippen LogP) is 5.00. The van der Waals surface area contributed by atoms with Gasteiger partial charge in [-0.05, 0) is 25.0 Å². The van der Waals surface area contributed by atoms with Crippen LogP contribution in [0.5, 0.6) is 0 Å². The molecule has 23 heavy (non-hydrogen) atoms. The third-order valence-corrected chi connectivity index (χ3v) is 4.62. The largest absolute Gasteiger partial charge is 0.366 e. The summed E-state index contributed by atoms with van der Waals surface area (Å²) in [6.45, 7) is 4.24. The van der Waals surface area contributed by atoms with Gasteiger partial charge in [0.05, 0.1) is 19.3 Å². The Hall–Kier alpha value is -1.45. The highest BCUT2D eigenvalue weighted by atomic mass is 31.2. The standard InChI is InChI=1S/C18H23O4P/c1-16(2)20-15-23(19,21-13-17-9-5-3-6-10-17)22-14-18-11-7-4-8-12-18/h3-12,16H,13-15H2,1-2H3. The van der Waals surface area contributed by atoms with Gasteiger partial charge in [-0.1, -0.05) is 60.7 Å². The van der Waals surface area contributed by atoms with Crippen molar-refractivity contribution in [3.8, 4) is 0 Å². The first-order valence-corrected chi connectivity index (χ1v) is 9.38. The minimum atomic E-state index is -3.33. The molecule has 2 aromatic rings. The predicted molar refractivity (Wildman–Crippen MR) is 91.2 cm³/mol. The van der Waals surface area contributed by atoms with Crippen molar-refractivity contribution in [2.45, 2.75) is 33.2 Å². The van der Waals surface area contributed by atoms with Gasteiger partial charge in [0, 0.05) is 0 Å². The molecule has 0 saturated carbocycles. The Kier molecular flexibility index (Phi) is 7.00. The van der Waals surface area contributed by atoms with Crippen LogP contribution in [-0.2, 0) is 31.6 Å². The van der Waals surface area contributed by atoms with Crippen molar-refractivity contribution in [3.05, 3.63) is 71.8 Å². The van der Waals surface area contributed by atoms with Gasteiger partial charge in [0.25, 0.3) is 0 Å². The van der Waals surface area contributed by atoms with Gasteiger partial charge in [-0.15, -0.1) is 0 Å². The van der Waals surface area contributed by atoms with E-state index in [-0.39, 0.29) is 25.7 Å². The van der Waals surface area contributed by atoms with Crippen molar-refractivity contribution >= 4 is 7.60 Å². The zero-order valence-corrected chi connectivity index (χ0v) is 14.4. The van der Waals surface area contributed by atoms with E-state index in [9.17, 15) is 4.57 Å². The highest BCUT2D eigenvalue weighted by Gasteiger charge is 2.26. The van der Waals surface area contributed by atoms with Crippen LogP contribution in [0, 0.1) is 0 Å². The summed E-state index contributed by atoms with van der Waals surface area (Å²) < 4.78 is 29.6. The topological polar surface area (TPSA) is 44.8 Å². The SMILES string of the molecule is CC(C)OCP(=O)(OCc1ccccc1)OCc1ccccc1. The summed E-state index contributed by atoms with van der Waals surface area (Å²) in [4.78, 5) is 0. The lowest BCUT2D eigenvalue weighted by Gasteiger charge is -2.20. The van der Waals surface area contributed by atoms with Crippen molar-refractivity contribution < 1.29 is 18.3 Å². The van der Waals surface area contributed by atoms with Gasteiger partial charge >= 0.3 is 7.60 Å². The van der Waals surface area contributed by atoms with Gasteiger partial charge in [-0.25, -0.2) is 0 Å². The van der Waals surface area contributed by atoms with Crippen LogP contribution in [0.1, 0.15) is 25.0 Å². The number of rotatable bonds is 9. The molecule has 2 rings (SSSR count). The second-order valence-corrected chi connectivity index (χ2v) is 7.47. The molecule has 0 spiro atoms. The Morgan fingerprint density at radius 2 is 1.26 bits per heavy atom. The Morgan fingerprint density at radius 1 is 0.826 bits per heavy atom. The maximum Gasteiger partial charge on any atom is 0.356 e. The monoisotopic (exact) mass is 334 g/mol. The van der Waals surface area contributed by atoms with Crippen LogP contribution in [0.3, 0.4) is 0 Å². The van der Waals surface area contributed by atoms with Crippen LogP contribution in [0.15, 0.2) is 60.7 Å². The maximum absolute atomic E-state index is 12.9. The van der Waals surface area contributed by atoms with Crippen LogP contribution in [0.2, 0.25) is 0 Å². The van der Waals surface area contributed by atoms with E-state index in [1.807, 2.05) is 74.5 Å². The zero-order chi connectivity index (χ0) is 16.5. The van der Waals surface area contributed by atoms with E-state index >= 15 is 0 Å². The Morgan fingerprint density at radius 3 is 1.65 bits per heavy atom. The Bertz CT molecular complexity index is 566. The molecule has 0 fully saturated rings. The van der Waals surface area contributed by atoms with Crippen molar-refractivity contribution in [2.75, 3.05) is 6.35 Å². The number of benzene rings is 2. The second kappa shape index (κ2) is 8.99. The second-order valence-electron chi connectivity index (χ2n) is 5.47. The molecular weight excluding hydrogens is 311 g/mol. The Labute approximate surface area is 137 Å². The zero-order valence-electron chi connectivity index (χ0n) is 13.6. The van der Waals surface area contributed by atoms with Gasteiger partial charge in [0.15, 0.2) is 0 Å². The van der Waals surface area contributed by atoms with E-state index in [4.69, 9.17) is 13.8 Å². The number of hydrogen-bond acceptors (Lipinski definition) is 4. The van der Waals surface area contributed by atoms with Crippen LogP contribution < -0.4 is 0 Å². The van der Waals surface area contributed by atoms with Crippen molar-refractivity contribution in [3.63, 3.8) is 0 Å². The van der Waals surface area contributed by atoms with Crippen LogP contribution in [-0.4, -0.2) is 12.5 Å². The van der Waals surface area contributed by atoms with Gasteiger partial charge in [-0.3, -0.25) is 4.57 Å². The van der Waals surface area contributed by atoms with E-state index in [2.05, 4.69) is 0 Å². The van der Waals surface area contributed by atoms with Crippen LogP contribution >= 0.6 is 7.60 Å². The van der Waals surface area contributed by atoms with E-state index in [1.165, 1.54) is 0 Å². The van der Waals surface area contributed by atoms with Gasteiger partial charge < -0.3 is 13.8 Å². The molecule has 5 heteroatoms. The summed E-state index contributed by atoms with van der Waals surface area (Å²) in [5.74, 6) is 0. The summed E-state index contributed by atoms with van der Waals surface area (Å²) in [5.41, 5.74) is 1.89. The van der Waals surface area contributed by atoms with Crippen molar-refractivity contribution in [2.24, 2.45) is 0 Å². The molecule has 0 saturated heterocycles. The van der Waals surface area contributed by atoms with E-state index in [0.717, 1.165) is 11.1 Å². The fraction of sp³-hybridized carbons (Fsp3) is 0.333. The lowest BCUT2D eigenvalue weighted by Crippen LogP contribution is -2.08. The van der Waals surface area contributed by atoms with E-state index in [0.29, 0.717) is 0 Å². The smallest absolute Gasteiger partial charge is 0.356 e. The molecule has 0 aliphatic heterocycles. The fourth-order valence-corrected chi connectivity index (χ4v) is 3.24. The first kappa shape index (κ1) is 17.9. The highest BCUT2D eigenvalue weighted by Crippen LogP contribution is 2.49. The van der Waals surface area contributed by atoms with Crippen molar-refractivity contribution in [1.82, 2.24) is 0 Å². The van der Waals surface area contributed by atoms with E-state index in [1.54, 1.807) is 0 Å². The summed E-state index contributed by atoms with van der Waals surface area (Å²) >= 11 is 0. The highest BCUT2D eigenvalue weighted by molar-refractivity contribution is 7.53. The van der Waals surface area contributed by atoms with Crippen LogP contribution in [0.25, 0.3) is 0 Å². The van der Waals surface area contributed by atoms with Gasteiger partial charge in [0.1, 0.15) is 6.35 Å². The lowest BCUT2D eigenvalue weighted by atomic mass is 10.2. The fourth-order valence-electron chi connectivity index (χ4n) is 1.85. The molecule has 0 atom stereocenters.